The van der Waals surface area contributed by atoms with Crippen LogP contribution in [-0.2, 0) is 4.74 Å². The molecule has 0 amide bonds. The zero-order chi connectivity index (χ0) is 29.5. The molecule has 14 atom stereocenters. The number of hydrogen-bond acceptors (Lipinski definition) is 1. The molecule has 8 aliphatic carbocycles. The molecule has 1 heteroatoms. The summed E-state index contributed by atoms with van der Waals surface area (Å²) in [6, 6.07) is 0. The minimum Gasteiger partial charge on any atom is -0.381 e. The molecule has 8 rings (SSSR count). The average Bonchev–Trinajstić information content (AvgIpc) is 3.52. The lowest BCUT2D eigenvalue weighted by molar-refractivity contribution is -0.113. The fourth-order valence-electron chi connectivity index (χ4n) is 16.3. The second-order valence-corrected chi connectivity index (χ2v) is 19.6. The molecule has 43 heavy (non-hydrogen) atoms. The Labute approximate surface area is 267 Å². The van der Waals surface area contributed by atoms with E-state index in [0.717, 1.165) is 72.4 Å². The van der Waals surface area contributed by atoms with Crippen LogP contribution < -0.4 is 0 Å². The van der Waals surface area contributed by atoms with Crippen molar-refractivity contribution in [3.63, 3.8) is 0 Å². The number of hydrogen-bond donors (Lipinski definition) is 0. The standard InChI is InChI=1S/C42H70O/c1-39-23-7-5-9-29(39)11-15-33-35-17-13-31(41(35,3)25-19-37(33)39)21-27-43-28-22-32-14-18-36-34-16-12-30-10-6-8-24-40(30,2)38(34)20-26-42(32,36)4/h29-38H,5-28H2,1-4H3/t29?,30?,31-,32-,33+,34+,35+,36+,37+,38+,39+,40+,41-,42-/m1/s1. The Morgan fingerprint density at radius 1 is 0.419 bits per heavy atom. The molecule has 0 aromatic rings. The minimum atomic E-state index is 0.612. The van der Waals surface area contributed by atoms with E-state index in [2.05, 4.69) is 27.7 Å². The van der Waals surface area contributed by atoms with Crippen LogP contribution in [-0.4, -0.2) is 13.2 Å². The summed E-state index contributed by atoms with van der Waals surface area (Å²) in [6.45, 7) is 13.1. The van der Waals surface area contributed by atoms with E-state index in [1.807, 2.05) is 0 Å². The van der Waals surface area contributed by atoms with Crippen LogP contribution in [0.1, 0.15) is 169 Å². The van der Waals surface area contributed by atoms with E-state index in [0.29, 0.717) is 21.7 Å². The van der Waals surface area contributed by atoms with Gasteiger partial charge in [-0.3, -0.25) is 0 Å². The highest BCUT2D eigenvalue weighted by atomic mass is 16.5. The van der Waals surface area contributed by atoms with E-state index in [-0.39, 0.29) is 0 Å². The molecule has 0 saturated heterocycles. The van der Waals surface area contributed by atoms with Gasteiger partial charge in [0.15, 0.2) is 0 Å². The van der Waals surface area contributed by atoms with E-state index in [4.69, 9.17) is 4.74 Å². The first kappa shape index (κ1) is 30.3. The number of fused-ring (bicyclic) bond motifs is 10. The van der Waals surface area contributed by atoms with Crippen molar-refractivity contribution >= 4 is 0 Å². The first-order valence-electron chi connectivity index (χ1n) is 20.3. The SMILES string of the molecule is C[C@]12CC[C@H]3[C@@H](CCC4CCCC[C@@]43C)[C@@H]1CC[C@@H]2CCOCC[C@H]1CC[C@H]2[C@@H]3CCC4CCCC[C@]4(C)[C@H]3CC[C@]12C. The molecular weight excluding hydrogens is 520 g/mol. The lowest BCUT2D eigenvalue weighted by Gasteiger charge is -2.60. The van der Waals surface area contributed by atoms with Gasteiger partial charge in [0.25, 0.3) is 0 Å². The van der Waals surface area contributed by atoms with Crippen molar-refractivity contribution in [1.29, 1.82) is 0 Å². The zero-order valence-electron chi connectivity index (χ0n) is 29.2. The van der Waals surface area contributed by atoms with Gasteiger partial charge in [0.2, 0.25) is 0 Å². The Hall–Kier alpha value is -0.0400. The molecule has 0 spiro atoms. The molecule has 0 aromatic carbocycles. The average molecular weight is 591 g/mol. The predicted molar refractivity (Wildman–Crippen MR) is 180 cm³/mol. The maximum absolute atomic E-state index is 6.59. The Morgan fingerprint density at radius 2 is 0.860 bits per heavy atom. The van der Waals surface area contributed by atoms with Crippen LogP contribution in [0.4, 0.5) is 0 Å². The normalized spacial score (nSPS) is 55.8. The molecule has 244 valence electrons. The first-order chi connectivity index (χ1) is 20.8. The zero-order valence-corrected chi connectivity index (χ0v) is 29.2. The lowest BCUT2D eigenvalue weighted by atomic mass is 9.45. The van der Waals surface area contributed by atoms with Crippen LogP contribution in [0.5, 0.6) is 0 Å². The van der Waals surface area contributed by atoms with Crippen molar-refractivity contribution in [2.75, 3.05) is 13.2 Å². The van der Waals surface area contributed by atoms with Crippen molar-refractivity contribution in [2.24, 2.45) is 80.8 Å². The summed E-state index contributed by atoms with van der Waals surface area (Å²) < 4.78 is 6.59. The maximum atomic E-state index is 6.59. The van der Waals surface area contributed by atoms with Gasteiger partial charge in [-0.1, -0.05) is 53.4 Å². The van der Waals surface area contributed by atoms with Gasteiger partial charge in [0.1, 0.15) is 0 Å². The molecule has 8 saturated carbocycles. The fraction of sp³-hybridized carbons (Fsp3) is 1.00. The van der Waals surface area contributed by atoms with Crippen molar-refractivity contribution in [1.82, 2.24) is 0 Å². The summed E-state index contributed by atoms with van der Waals surface area (Å²) in [7, 11) is 0. The van der Waals surface area contributed by atoms with Gasteiger partial charge in [0, 0.05) is 13.2 Å². The van der Waals surface area contributed by atoms with E-state index in [1.54, 1.807) is 64.2 Å². The molecule has 0 aliphatic heterocycles. The minimum absolute atomic E-state index is 0.612. The third-order valence-electron chi connectivity index (χ3n) is 18.8. The monoisotopic (exact) mass is 591 g/mol. The highest BCUT2D eigenvalue weighted by Gasteiger charge is 2.61. The molecular formula is C42H70O. The van der Waals surface area contributed by atoms with Gasteiger partial charge in [-0.2, -0.15) is 0 Å². The summed E-state index contributed by atoms with van der Waals surface area (Å²) in [6.07, 6.45) is 33.4. The molecule has 0 aromatic heterocycles. The summed E-state index contributed by atoms with van der Waals surface area (Å²) >= 11 is 0. The van der Waals surface area contributed by atoms with Crippen molar-refractivity contribution in [3.8, 4) is 0 Å². The van der Waals surface area contributed by atoms with Crippen LogP contribution in [0, 0.1) is 80.8 Å². The maximum Gasteiger partial charge on any atom is 0.0468 e. The van der Waals surface area contributed by atoms with E-state index in [9.17, 15) is 0 Å². The Morgan fingerprint density at radius 3 is 1.33 bits per heavy atom. The van der Waals surface area contributed by atoms with E-state index in [1.165, 1.54) is 77.0 Å². The predicted octanol–water partition coefficient (Wildman–Crippen LogP) is 11.9. The van der Waals surface area contributed by atoms with Crippen molar-refractivity contribution in [3.05, 3.63) is 0 Å². The lowest BCUT2D eigenvalue weighted by Crippen LogP contribution is -2.52. The molecule has 1 nitrogen and oxygen atoms in total. The quantitative estimate of drug-likeness (QED) is 0.280. The Balaban J connectivity index is 0.828. The highest BCUT2D eigenvalue weighted by Crippen LogP contribution is 2.69. The van der Waals surface area contributed by atoms with Gasteiger partial charge in [-0.05, 0) is 196 Å². The largest absolute Gasteiger partial charge is 0.381 e. The second-order valence-electron chi connectivity index (χ2n) is 19.6. The summed E-state index contributed by atoms with van der Waals surface area (Å²) in [5.74, 6) is 10.2. The summed E-state index contributed by atoms with van der Waals surface area (Å²) in [5, 5.41) is 0. The molecule has 0 radical (unpaired) electrons. The van der Waals surface area contributed by atoms with E-state index < -0.39 is 0 Å². The highest BCUT2D eigenvalue weighted by molar-refractivity contribution is 5.10. The summed E-state index contributed by atoms with van der Waals surface area (Å²) in [4.78, 5) is 0. The van der Waals surface area contributed by atoms with Crippen LogP contribution >= 0.6 is 0 Å². The third-order valence-corrected chi connectivity index (χ3v) is 18.8. The molecule has 2 unspecified atom stereocenters. The van der Waals surface area contributed by atoms with Crippen LogP contribution in [0.25, 0.3) is 0 Å². The topological polar surface area (TPSA) is 9.23 Å². The van der Waals surface area contributed by atoms with Crippen LogP contribution in [0.15, 0.2) is 0 Å². The van der Waals surface area contributed by atoms with E-state index >= 15 is 0 Å². The number of ether oxygens (including phenoxy) is 1. The van der Waals surface area contributed by atoms with Crippen LogP contribution in [0.3, 0.4) is 0 Å². The van der Waals surface area contributed by atoms with Crippen molar-refractivity contribution in [2.45, 2.75) is 169 Å². The van der Waals surface area contributed by atoms with Gasteiger partial charge in [0.05, 0.1) is 0 Å². The third kappa shape index (κ3) is 4.66. The van der Waals surface area contributed by atoms with Gasteiger partial charge >= 0.3 is 0 Å². The van der Waals surface area contributed by atoms with Gasteiger partial charge in [-0.15, -0.1) is 0 Å². The molecule has 0 N–H and O–H groups in total. The van der Waals surface area contributed by atoms with Crippen LogP contribution in [0.2, 0.25) is 0 Å². The molecule has 0 heterocycles. The Kier molecular flexibility index (Phi) is 7.96. The summed E-state index contributed by atoms with van der Waals surface area (Å²) in [5.41, 5.74) is 2.60. The smallest absolute Gasteiger partial charge is 0.0468 e. The molecule has 8 fully saturated rings. The van der Waals surface area contributed by atoms with Crippen molar-refractivity contribution < 1.29 is 4.74 Å². The molecule has 0 bridgehead atoms. The Bertz CT molecular complexity index is 925. The van der Waals surface area contributed by atoms with Gasteiger partial charge in [-0.25, -0.2) is 0 Å². The van der Waals surface area contributed by atoms with Gasteiger partial charge < -0.3 is 4.74 Å². The number of rotatable bonds is 6. The molecule has 8 aliphatic rings. The second kappa shape index (κ2) is 11.3. The first-order valence-corrected chi connectivity index (χ1v) is 20.3. The fourth-order valence-corrected chi connectivity index (χ4v) is 16.3.